The molecule has 0 aliphatic carbocycles. The van der Waals surface area contributed by atoms with Gasteiger partial charge >= 0.3 is 6.61 Å². The van der Waals surface area contributed by atoms with Crippen LogP contribution in [0.4, 0.5) is 8.78 Å². The minimum absolute atomic E-state index is 0.116. The van der Waals surface area contributed by atoms with Gasteiger partial charge in [-0.1, -0.05) is 13.8 Å². The van der Waals surface area contributed by atoms with Crippen molar-refractivity contribution < 1.29 is 13.5 Å². The molecule has 0 radical (unpaired) electrons. The van der Waals surface area contributed by atoms with Crippen LogP contribution >= 0.6 is 0 Å². The summed E-state index contributed by atoms with van der Waals surface area (Å²) in [4.78, 5) is 13.3. The number of aromatic nitrogens is 3. The SMILES string of the molecule is CCC(CC)c1cc(C)n2nc(-c3cc(C)c(OC(F)F)cc3C)n(C)c(=O)c12. The minimum Gasteiger partial charge on any atom is -0.435 e. The van der Waals surface area contributed by atoms with Gasteiger partial charge in [-0.05, 0) is 74.4 Å². The number of nitrogens with zero attached hydrogens (tertiary/aromatic N) is 3. The lowest BCUT2D eigenvalue weighted by molar-refractivity contribution is -0.0503. The number of ether oxygens (including phenoxy) is 1. The molecule has 3 aromatic rings. The molecular weight excluding hydrogens is 376 g/mol. The molecule has 2 heterocycles. The molecule has 0 fully saturated rings. The molecule has 0 aliphatic heterocycles. The first-order valence-electron chi connectivity index (χ1n) is 9.85. The third-order valence-electron chi connectivity index (χ3n) is 5.61. The van der Waals surface area contributed by atoms with Gasteiger partial charge in [-0.2, -0.15) is 8.78 Å². The molecule has 29 heavy (non-hydrogen) atoms. The molecule has 3 rings (SSSR count). The molecule has 0 atom stereocenters. The van der Waals surface area contributed by atoms with Crippen molar-refractivity contribution in [2.24, 2.45) is 7.05 Å². The van der Waals surface area contributed by atoms with E-state index in [1.54, 1.807) is 37.5 Å². The van der Waals surface area contributed by atoms with E-state index < -0.39 is 6.61 Å². The Bertz CT molecular complexity index is 1110. The molecular formula is C22H27F2N3O2. The number of hydrogen-bond acceptors (Lipinski definition) is 3. The summed E-state index contributed by atoms with van der Waals surface area (Å²) >= 11 is 0. The van der Waals surface area contributed by atoms with Crippen LogP contribution < -0.4 is 10.3 Å². The van der Waals surface area contributed by atoms with E-state index in [9.17, 15) is 13.6 Å². The van der Waals surface area contributed by atoms with Crippen molar-refractivity contribution in [3.63, 3.8) is 0 Å². The third kappa shape index (κ3) is 3.66. The highest BCUT2D eigenvalue weighted by molar-refractivity contribution is 5.66. The Labute approximate surface area is 168 Å². The minimum atomic E-state index is -2.89. The van der Waals surface area contributed by atoms with E-state index in [1.165, 1.54) is 4.57 Å². The van der Waals surface area contributed by atoms with Gasteiger partial charge in [-0.25, -0.2) is 4.52 Å². The fraction of sp³-hybridized carbons (Fsp3) is 0.455. The quantitative estimate of drug-likeness (QED) is 0.573. The second-order valence-electron chi connectivity index (χ2n) is 7.51. The van der Waals surface area contributed by atoms with Gasteiger partial charge in [0.15, 0.2) is 5.82 Å². The van der Waals surface area contributed by atoms with E-state index in [4.69, 9.17) is 5.10 Å². The number of hydrogen-bond donors (Lipinski definition) is 0. The summed E-state index contributed by atoms with van der Waals surface area (Å²) in [5, 5.41) is 4.76. The standard InChI is InChI=1S/C22H27F2N3O2/c1-7-15(8-2)17-11-14(5)27-19(17)21(28)26(6)20(25-27)16-9-13(4)18(10-12(16)3)29-22(23)24/h9-11,15,22H,7-8H2,1-6H3. The predicted octanol–water partition coefficient (Wildman–Crippen LogP) is 5.13. The van der Waals surface area contributed by atoms with E-state index >= 15 is 0 Å². The molecule has 0 unspecified atom stereocenters. The van der Waals surface area contributed by atoms with Crippen molar-refractivity contribution >= 4 is 5.52 Å². The summed E-state index contributed by atoms with van der Waals surface area (Å²) < 4.78 is 33.1. The van der Waals surface area contributed by atoms with Crippen LogP contribution in [0, 0.1) is 20.8 Å². The molecule has 1 aromatic carbocycles. The zero-order valence-corrected chi connectivity index (χ0v) is 17.7. The van der Waals surface area contributed by atoms with Crippen LogP contribution in [-0.4, -0.2) is 20.8 Å². The van der Waals surface area contributed by atoms with Crippen molar-refractivity contribution in [3.8, 4) is 17.1 Å². The van der Waals surface area contributed by atoms with Crippen LogP contribution in [0.15, 0.2) is 23.0 Å². The molecule has 0 N–H and O–H groups in total. The molecule has 0 spiro atoms. The molecule has 0 aliphatic rings. The number of aryl methyl sites for hydroxylation is 3. The van der Waals surface area contributed by atoms with Crippen molar-refractivity contribution in [1.29, 1.82) is 0 Å². The van der Waals surface area contributed by atoms with E-state index in [1.807, 2.05) is 13.0 Å². The normalized spacial score (nSPS) is 11.8. The lowest BCUT2D eigenvalue weighted by Gasteiger charge is -2.16. The van der Waals surface area contributed by atoms with Gasteiger partial charge in [0.25, 0.3) is 5.56 Å². The van der Waals surface area contributed by atoms with E-state index in [0.29, 0.717) is 33.9 Å². The van der Waals surface area contributed by atoms with Crippen LogP contribution in [0.5, 0.6) is 5.75 Å². The molecule has 5 nitrogen and oxygen atoms in total. The number of halogens is 2. The third-order valence-corrected chi connectivity index (χ3v) is 5.61. The predicted molar refractivity (Wildman–Crippen MR) is 110 cm³/mol. The van der Waals surface area contributed by atoms with Gasteiger partial charge in [0.1, 0.15) is 11.3 Å². The van der Waals surface area contributed by atoms with Crippen molar-refractivity contribution in [1.82, 2.24) is 14.2 Å². The van der Waals surface area contributed by atoms with E-state index in [-0.39, 0.29) is 11.3 Å². The molecule has 0 saturated carbocycles. The molecule has 0 bridgehead atoms. The summed E-state index contributed by atoms with van der Waals surface area (Å²) in [6.45, 7) is 6.78. The van der Waals surface area contributed by atoms with E-state index in [2.05, 4.69) is 18.6 Å². The van der Waals surface area contributed by atoms with Gasteiger partial charge in [0.2, 0.25) is 0 Å². The first kappa shape index (κ1) is 21.0. The fourth-order valence-corrected chi connectivity index (χ4v) is 3.94. The Kier molecular flexibility index (Phi) is 5.78. The van der Waals surface area contributed by atoms with Crippen LogP contribution in [0.25, 0.3) is 16.9 Å². The zero-order valence-electron chi connectivity index (χ0n) is 17.7. The summed E-state index contributed by atoms with van der Waals surface area (Å²) in [6, 6.07) is 5.34. The lowest BCUT2D eigenvalue weighted by Crippen LogP contribution is -2.24. The molecule has 156 valence electrons. The second-order valence-corrected chi connectivity index (χ2v) is 7.51. The van der Waals surface area contributed by atoms with Crippen LogP contribution in [-0.2, 0) is 7.05 Å². The van der Waals surface area contributed by atoms with Gasteiger partial charge in [0, 0.05) is 18.3 Å². The Morgan fingerprint density at radius 3 is 2.31 bits per heavy atom. The Balaban J connectivity index is 2.25. The smallest absolute Gasteiger partial charge is 0.387 e. The first-order valence-corrected chi connectivity index (χ1v) is 9.85. The average molecular weight is 403 g/mol. The van der Waals surface area contributed by atoms with Crippen molar-refractivity contribution in [2.75, 3.05) is 0 Å². The highest BCUT2D eigenvalue weighted by Gasteiger charge is 2.21. The Hall–Kier alpha value is -2.70. The fourth-order valence-electron chi connectivity index (χ4n) is 3.94. The number of rotatable bonds is 6. The highest BCUT2D eigenvalue weighted by Crippen LogP contribution is 2.31. The van der Waals surface area contributed by atoms with Crippen molar-refractivity contribution in [3.05, 3.63) is 50.9 Å². The monoisotopic (exact) mass is 403 g/mol. The van der Waals surface area contributed by atoms with Gasteiger partial charge in [-0.15, -0.1) is 5.10 Å². The topological polar surface area (TPSA) is 48.5 Å². The molecule has 7 heteroatoms. The summed E-state index contributed by atoms with van der Waals surface area (Å²) in [7, 11) is 1.70. The highest BCUT2D eigenvalue weighted by atomic mass is 19.3. The summed E-state index contributed by atoms with van der Waals surface area (Å²) in [5.74, 6) is 0.913. The van der Waals surface area contributed by atoms with Crippen LogP contribution in [0.2, 0.25) is 0 Å². The van der Waals surface area contributed by atoms with Gasteiger partial charge in [0.05, 0.1) is 0 Å². The van der Waals surface area contributed by atoms with Crippen LogP contribution in [0.1, 0.15) is 55.0 Å². The van der Waals surface area contributed by atoms with Crippen molar-refractivity contribution in [2.45, 2.75) is 60.0 Å². The average Bonchev–Trinajstić information content (AvgIpc) is 2.98. The molecule has 0 saturated heterocycles. The van der Waals surface area contributed by atoms with Gasteiger partial charge in [-0.3, -0.25) is 9.36 Å². The Morgan fingerprint density at radius 2 is 1.72 bits per heavy atom. The first-order chi connectivity index (χ1) is 13.7. The maximum absolute atomic E-state index is 13.3. The van der Waals surface area contributed by atoms with Gasteiger partial charge < -0.3 is 4.74 Å². The summed E-state index contributed by atoms with van der Waals surface area (Å²) in [5.41, 5.74) is 4.39. The number of fused-ring (bicyclic) bond motifs is 1. The largest absolute Gasteiger partial charge is 0.435 e. The van der Waals surface area contributed by atoms with E-state index in [0.717, 1.165) is 24.1 Å². The number of alkyl halides is 2. The maximum Gasteiger partial charge on any atom is 0.387 e. The lowest BCUT2D eigenvalue weighted by atomic mass is 9.95. The maximum atomic E-state index is 13.3. The molecule has 2 aromatic heterocycles. The number of benzene rings is 1. The second kappa shape index (κ2) is 7.97. The molecule has 0 amide bonds. The Morgan fingerprint density at radius 1 is 1.07 bits per heavy atom. The van der Waals surface area contributed by atoms with Crippen LogP contribution in [0.3, 0.4) is 0 Å². The summed E-state index contributed by atoms with van der Waals surface area (Å²) in [6.07, 6.45) is 1.90. The zero-order chi connectivity index (χ0) is 21.5.